The Morgan fingerprint density at radius 2 is 1.95 bits per heavy atom. The SMILES string of the molecule is FC(F)(F)c1ccccc1Oc1ncc(Br)cc1CCl. The maximum absolute atomic E-state index is 12.9. The normalized spacial score (nSPS) is 11.4. The van der Waals surface area contributed by atoms with E-state index in [2.05, 4.69) is 20.9 Å². The minimum Gasteiger partial charge on any atom is -0.438 e. The molecule has 7 heteroatoms. The first-order valence-electron chi connectivity index (χ1n) is 5.46. The van der Waals surface area contributed by atoms with Gasteiger partial charge in [-0.3, -0.25) is 0 Å². The lowest BCUT2D eigenvalue weighted by Crippen LogP contribution is -2.07. The van der Waals surface area contributed by atoms with Gasteiger partial charge in [-0.05, 0) is 34.1 Å². The summed E-state index contributed by atoms with van der Waals surface area (Å²) in [6, 6.07) is 6.60. The predicted octanol–water partition coefficient (Wildman–Crippen LogP) is 5.39. The van der Waals surface area contributed by atoms with Crippen molar-refractivity contribution in [3.05, 3.63) is 52.1 Å². The molecular formula is C13H8BrClF3NO. The van der Waals surface area contributed by atoms with Crippen LogP contribution in [0.1, 0.15) is 11.1 Å². The minimum absolute atomic E-state index is 0.0555. The Hall–Kier alpha value is -1.27. The molecule has 0 aliphatic rings. The number of halogens is 5. The second-order valence-electron chi connectivity index (χ2n) is 3.85. The Morgan fingerprint density at radius 1 is 1.25 bits per heavy atom. The molecule has 0 N–H and O–H groups in total. The molecule has 106 valence electrons. The molecule has 0 bridgehead atoms. The maximum Gasteiger partial charge on any atom is 0.419 e. The molecule has 0 spiro atoms. The summed E-state index contributed by atoms with van der Waals surface area (Å²) in [6.07, 6.45) is -3.06. The van der Waals surface area contributed by atoms with E-state index in [9.17, 15) is 13.2 Å². The van der Waals surface area contributed by atoms with E-state index >= 15 is 0 Å². The number of ether oxygens (including phenoxy) is 1. The number of para-hydroxylation sites is 1. The topological polar surface area (TPSA) is 22.1 Å². The maximum atomic E-state index is 12.9. The van der Waals surface area contributed by atoms with Crippen molar-refractivity contribution in [2.45, 2.75) is 12.1 Å². The third-order valence-electron chi connectivity index (χ3n) is 2.44. The first kappa shape index (κ1) is 15.1. The van der Waals surface area contributed by atoms with Gasteiger partial charge in [0, 0.05) is 16.2 Å². The number of aromatic nitrogens is 1. The number of nitrogens with zero attached hydrogens (tertiary/aromatic N) is 1. The van der Waals surface area contributed by atoms with Crippen molar-refractivity contribution in [1.82, 2.24) is 4.98 Å². The second kappa shape index (κ2) is 6.01. The molecule has 0 aliphatic carbocycles. The largest absolute Gasteiger partial charge is 0.438 e. The monoisotopic (exact) mass is 365 g/mol. The van der Waals surface area contributed by atoms with E-state index in [-0.39, 0.29) is 17.5 Å². The molecule has 0 unspecified atom stereocenters. The smallest absolute Gasteiger partial charge is 0.419 e. The molecule has 0 amide bonds. The summed E-state index contributed by atoms with van der Waals surface area (Å²) in [7, 11) is 0. The van der Waals surface area contributed by atoms with E-state index < -0.39 is 11.7 Å². The molecule has 0 aliphatic heterocycles. The van der Waals surface area contributed by atoms with E-state index in [1.165, 1.54) is 24.4 Å². The van der Waals surface area contributed by atoms with Gasteiger partial charge in [0.25, 0.3) is 0 Å². The molecule has 1 aromatic heterocycles. The molecule has 2 aromatic rings. The van der Waals surface area contributed by atoms with Gasteiger partial charge in [0.05, 0.1) is 11.4 Å². The third-order valence-corrected chi connectivity index (χ3v) is 3.16. The van der Waals surface area contributed by atoms with Gasteiger partial charge >= 0.3 is 6.18 Å². The molecule has 1 heterocycles. The van der Waals surface area contributed by atoms with Crippen LogP contribution in [-0.4, -0.2) is 4.98 Å². The average molecular weight is 367 g/mol. The highest BCUT2D eigenvalue weighted by atomic mass is 79.9. The van der Waals surface area contributed by atoms with Crippen molar-refractivity contribution in [1.29, 1.82) is 0 Å². The Morgan fingerprint density at radius 3 is 2.60 bits per heavy atom. The summed E-state index contributed by atoms with van der Waals surface area (Å²) in [5, 5.41) is 0. The van der Waals surface area contributed by atoms with Crippen LogP contribution in [-0.2, 0) is 12.1 Å². The van der Waals surface area contributed by atoms with Crippen molar-refractivity contribution in [2.24, 2.45) is 0 Å². The van der Waals surface area contributed by atoms with Crippen LogP contribution in [0.25, 0.3) is 0 Å². The zero-order chi connectivity index (χ0) is 14.8. The van der Waals surface area contributed by atoms with Gasteiger partial charge in [0.1, 0.15) is 5.75 Å². The number of benzene rings is 1. The number of alkyl halides is 4. The molecule has 0 fully saturated rings. The van der Waals surface area contributed by atoms with Crippen LogP contribution >= 0.6 is 27.5 Å². The third kappa shape index (κ3) is 3.43. The molecule has 2 rings (SSSR count). The van der Waals surface area contributed by atoms with E-state index in [0.29, 0.717) is 10.0 Å². The molecule has 0 saturated carbocycles. The Labute approximate surface area is 126 Å². The number of hydrogen-bond donors (Lipinski definition) is 0. The Kier molecular flexibility index (Phi) is 4.55. The zero-order valence-corrected chi connectivity index (χ0v) is 12.3. The minimum atomic E-state index is -4.49. The van der Waals surface area contributed by atoms with Gasteiger partial charge in [0.15, 0.2) is 0 Å². The lowest BCUT2D eigenvalue weighted by Gasteiger charge is -2.14. The van der Waals surface area contributed by atoms with Crippen molar-refractivity contribution in [3.8, 4) is 11.6 Å². The fourth-order valence-electron chi connectivity index (χ4n) is 1.55. The summed E-state index contributed by atoms with van der Waals surface area (Å²) in [4.78, 5) is 3.95. The lowest BCUT2D eigenvalue weighted by molar-refractivity contribution is -0.138. The van der Waals surface area contributed by atoms with Crippen molar-refractivity contribution in [2.75, 3.05) is 0 Å². The molecule has 0 atom stereocenters. The van der Waals surface area contributed by atoms with Gasteiger partial charge < -0.3 is 4.74 Å². The van der Waals surface area contributed by atoms with Crippen LogP contribution in [0.15, 0.2) is 41.0 Å². The predicted molar refractivity (Wildman–Crippen MR) is 73.0 cm³/mol. The molecular weight excluding hydrogens is 359 g/mol. The fourth-order valence-corrected chi connectivity index (χ4v) is 2.12. The van der Waals surface area contributed by atoms with E-state index in [0.717, 1.165) is 6.07 Å². The van der Waals surface area contributed by atoms with Gasteiger partial charge in [-0.15, -0.1) is 11.6 Å². The Balaban J connectivity index is 2.41. The standard InChI is InChI=1S/C13H8BrClF3NO/c14-9-5-8(6-15)12(19-7-9)20-11-4-2-1-3-10(11)13(16,17)18/h1-5,7H,6H2. The van der Waals surface area contributed by atoms with E-state index in [1.54, 1.807) is 6.07 Å². The summed E-state index contributed by atoms with van der Waals surface area (Å²) < 4.78 is 44.5. The van der Waals surface area contributed by atoms with Crippen LogP contribution in [0.4, 0.5) is 13.2 Å². The Bertz CT molecular complexity index is 619. The first-order chi connectivity index (χ1) is 9.41. The molecule has 20 heavy (non-hydrogen) atoms. The fraction of sp³-hybridized carbons (Fsp3) is 0.154. The van der Waals surface area contributed by atoms with Crippen molar-refractivity contribution < 1.29 is 17.9 Å². The lowest BCUT2D eigenvalue weighted by atomic mass is 10.2. The zero-order valence-electron chi connectivity index (χ0n) is 9.92. The van der Waals surface area contributed by atoms with Crippen LogP contribution in [0, 0.1) is 0 Å². The highest BCUT2D eigenvalue weighted by Gasteiger charge is 2.34. The summed E-state index contributed by atoms with van der Waals surface area (Å²) in [5.74, 6) is -0.170. The number of hydrogen-bond acceptors (Lipinski definition) is 2. The van der Waals surface area contributed by atoms with E-state index in [1.807, 2.05) is 0 Å². The summed E-state index contributed by atoms with van der Waals surface area (Å²) in [6.45, 7) is 0. The highest BCUT2D eigenvalue weighted by Crippen LogP contribution is 2.38. The van der Waals surface area contributed by atoms with Crippen LogP contribution in [0.3, 0.4) is 0 Å². The molecule has 0 radical (unpaired) electrons. The van der Waals surface area contributed by atoms with E-state index in [4.69, 9.17) is 16.3 Å². The highest BCUT2D eigenvalue weighted by molar-refractivity contribution is 9.10. The second-order valence-corrected chi connectivity index (χ2v) is 5.03. The van der Waals surface area contributed by atoms with Gasteiger partial charge in [-0.1, -0.05) is 12.1 Å². The van der Waals surface area contributed by atoms with Crippen LogP contribution in [0.2, 0.25) is 0 Å². The average Bonchev–Trinajstić information content (AvgIpc) is 2.40. The van der Waals surface area contributed by atoms with Crippen LogP contribution in [0.5, 0.6) is 11.6 Å². The summed E-state index contributed by atoms with van der Waals surface area (Å²) in [5.41, 5.74) is -0.358. The number of pyridine rings is 1. The van der Waals surface area contributed by atoms with Gasteiger partial charge in [-0.25, -0.2) is 4.98 Å². The number of rotatable bonds is 3. The van der Waals surface area contributed by atoms with Gasteiger partial charge in [0.2, 0.25) is 5.88 Å². The first-order valence-corrected chi connectivity index (χ1v) is 6.79. The van der Waals surface area contributed by atoms with Crippen LogP contribution < -0.4 is 4.74 Å². The molecule has 1 aromatic carbocycles. The van der Waals surface area contributed by atoms with Crippen molar-refractivity contribution >= 4 is 27.5 Å². The molecule has 0 saturated heterocycles. The van der Waals surface area contributed by atoms with Gasteiger partial charge in [-0.2, -0.15) is 13.2 Å². The van der Waals surface area contributed by atoms with Crippen molar-refractivity contribution in [3.63, 3.8) is 0 Å². The molecule has 2 nitrogen and oxygen atoms in total. The summed E-state index contributed by atoms with van der Waals surface area (Å²) >= 11 is 8.95. The quantitative estimate of drug-likeness (QED) is 0.679.